The summed E-state index contributed by atoms with van der Waals surface area (Å²) >= 11 is 0. The summed E-state index contributed by atoms with van der Waals surface area (Å²) in [6, 6.07) is 0. The molecule has 0 radical (unpaired) electrons. The summed E-state index contributed by atoms with van der Waals surface area (Å²) in [5.41, 5.74) is 0. The van der Waals surface area contributed by atoms with Gasteiger partial charge in [0, 0.05) is 12.3 Å². The second-order valence-electron chi connectivity index (χ2n) is 2.61. The smallest absolute Gasteiger partial charge is 0.171 e. The van der Waals surface area contributed by atoms with E-state index in [2.05, 4.69) is 6.92 Å². The Morgan fingerprint density at radius 3 is 2.12 bits per heavy atom. The maximum atomic E-state index is 5.34. The molecule has 2 aliphatic rings. The quantitative estimate of drug-likeness (QED) is 0.463. The van der Waals surface area contributed by atoms with Gasteiger partial charge in [0.15, 0.2) is 5.79 Å². The van der Waals surface area contributed by atoms with Crippen molar-refractivity contribution < 1.29 is 9.47 Å². The molecule has 2 nitrogen and oxygen atoms in total. The molecule has 1 unspecified atom stereocenters. The van der Waals surface area contributed by atoms with Crippen molar-refractivity contribution in [2.45, 2.75) is 19.1 Å². The first-order chi connectivity index (χ1) is 3.83. The zero-order valence-corrected chi connectivity index (χ0v) is 5.02. The summed E-state index contributed by atoms with van der Waals surface area (Å²) in [4.78, 5) is 0. The van der Waals surface area contributed by atoms with Gasteiger partial charge in [0.25, 0.3) is 0 Å². The van der Waals surface area contributed by atoms with Crippen LogP contribution in [0.5, 0.6) is 0 Å². The molecule has 1 atom stereocenters. The molecule has 0 bridgehead atoms. The van der Waals surface area contributed by atoms with Gasteiger partial charge in [-0.05, 0) is 0 Å². The van der Waals surface area contributed by atoms with Gasteiger partial charge in [-0.2, -0.15) is 0 Å². The zero-order valence-electron chi connectivity index (χ0n) is 5.02. The van der Waals surface area contributed by atoms with E-state index in [-0.39, 0.29) is 5.79 Å². The molecule has 2 heteroatoms. The summed E-state index contributed by atoms with van der Waals surface area (Å²) in [6.07, 6.45) is 1.10. The van der Waals surface area contributed by atoms with Gasteiger partial charge >= 0.3 is 0 Å². The molecule has 1 saturated carbocycles. The van der Waals surface area contributed by atoms with E-state index in [4.69, 9.17) is 9.47 Å². The lowest BCUT2D eigenvalue weighted by Gasteiger charge is -2.03. The lowest BCUT2D eigenvalue weighted by atomic mass is 10.5. The second kappa shape index (κ2) is 1.25. The second-order valence-corrected chi connectivity index (χ2v) is 2.61. The fraction of sp³-hybridized carbons (Fsp3) is 1.00. The van der Waals surface area contributed by atoms with Gasteiger partial charge in [-0.3, -0.25) is 0 Å². The van der Waals surface area contributed by atoms with Crippen molar-refractivity contribution in [3.05, 3.63) is 0 Å². The van der Waals surface area contributed by atoms with Gasteiger partial charge in [0.1, 0.15) is 0 Å². The molecule has 1 spiro atoms. The third kappa shape index (κ3) is 0.446. The molecular formula is C6H10O2. The summed E-state index contributed by atoms with van der Waals surface area (Å²) in [7, 11) is 0. The topological polar surface area (TPSA) is 18.5 Å². The van der Waals surface area contributed by atoms with E-state index in [9.17, 15) is 0 Å². The Labute approximate surface area is 48.8 Å². The van der Waals surface area contributed by atoms with Crippen LogP contribution < -0.4 is 0 Å². The van der Waals surface area contributed by atoms with Crippen molar-refractivity contribution in [1.82, 2.24) is 0 Å². The summed E-state index contributed by atoms with van der Waals surface area (Å²) in [5, 5.41) is 0. The standard InChI is InChI=1S/C6H10O2/c1-5-4-6(5)7-2-3-8-6/h5H,2-4H2,1H3. The minimum atomic E-state index is -0.0972. The van der Waals surface area contributed by atoms with Crippen LogP contribution >= 0.6 is 0 Å². The maximum Gasteiger partial charge on any atom is 0.171 e. The highest BCUT2D eigenvalue weighted by Gasteiger charge is 2.56. The van der Waals surface area contributed by atoms with Crippen LogP contribution in [0.1, 0.15) is 13.3 Å². The predicted octanol–water partition coefficient (Wildman–Crippen LogP) is 0.769. The molecule has 2 fully saturated rings. The molecular weight excluding hydrogens is 104 g/mol. The Bertz CT molecular complexity index is 105. The maximum absolute atomic E-state index is 5.34. The highest BCUT2D eigenvalue weighted by atomic mass is 16.7. The largest absolute Gasteiger partial charge is 0.347 e. The first kappa shape index (κ1) is 4.77. The third-order valence-corrected chi connectivity index (χ3v) is 1.96. The SMILES string of the molecule is CC1CC12OCCO2. The first-order valence-electron chi connectivity index (χ1n) is 3.11. The minimum absolute atomic E-state index is 0.0972. The van der Waals surface area contributed by atoms with Crippen LogP contribution in [0.25, 0.3) is 0 Å². The first-order valence-corrected chi connectivity index (χ1v) is 3.11. The van der Waals surface area contributed by atoms with E-state index in [0.29, 0.717) is 5.92 Å². The molecule has 0 aromatic rings. The van der Waals surface area contributed by atoms with Crippen LogP contribution in [0.4, 0.5) is 0 Å². The molecule has 1 saturated heterocycles. The monoisotopic (exact) mass is 114 g/mol. The van der Waals surface area contributed by atoms with E-state index in [1.807, 2.05) is 0 Å². The third-order valence-electron chi connectivity index (χ3n) is 1.96. The Morgan fingerprint density at radius 2 is 1.88 bits per heavy atom. The van der Waals surface area contributed by atoms with Gasteiger partial charge in [0.2, 0.25) is 0 Å². The van der Waals surface area contributed by atoms with Crippen LogP contribution in [-0.2, 0) is 9.47 Å². The molecule has 46 valence electrons. The van der Waals surface area contributed by atoms with E-state index in [1.165, 1.54) is 0 Å². The molecule has 0 aromatic heterocycles. The summed E-state index contributed by atoms with van der Waals surface area (Å²) < 4.78 is 10.7. The van der Waals surface area contributed by atoms with E-state index in [1.54, 1.807) is 0 Å². The van der Waals surface area contributed by atoms with Crippen LogP contribution in [0, 0.1) is 5.92 Å². The highest BCUT2D eigenvalue weighted by Crippen LogP contribution is 2.49. The lowest BCUT2D eigenvalue weighted by molar-refractivity contribution is -0.0801. The van der Waals surface area contributed by atoms with Gasteiger partial charge < -0.3 is 9.47 Å². The van der Waals surface area contributed by atoms with Crippen LogP contribution in [0.3, 0.4) is 0 Å². The van der Waals surface area contributed by atoms with Crippen molar-refractivity contribution >= 4 is 0 Å². The van der Waals surface area contributed by atoms with Crippen molar-refractivity contribution in [2.24, 2.45) is 5.92 Å². The van der Waals surface area contributed by atoms with Crippen molar-refractivity contribution in [3.8, 4) is 0 Å². The van der Waals surface area contributed by atoms with Gasteiger partial charge in [-0.15, -0.1) is 0 Å². The average molecular weight is 114 g/mol. The number of hydrogen-bond acceptors (Lipinski definition) is 2. The van der Waals surface area contributed by atoms with E-state index < -0.39 is 0 Å². The number of hydrogen-bond donors (Lipinski definition) is 0. The lowest BCUT2D eigenvalue weighted by Crippen LogP contribution is -2.09. The fourth-order valence-electron chi connectivity index (χ4n) is 1.24. The zero-order chi connectivity index (χ0) is 5.61. The van der Waals surface area contributed by atoms with Crippen molar-refractivity contribution in [2.75, 3.05) is 13.2 Å². The van der Waals surface area contributed by atoms with Gasteiger partial charge in [-0.25, -0.2) is 0 Å². The Hall–Kier alpha value is -0.0800. The number of rotatable bonds is 0. The molecule has 8 heavy (non-hydrogen) atoms. The van der Waals surface area contributed by atoms with E-state index in [0.717, 1.165) is 19.6 Å². The molecule has 1 aliphatic carbocycles. The minimum Gasteiger partial charge on any atom is -0.347 e. The van der Waals surface area contributed by atoms with Crippen molar-refractivity contribution in [1.29, 1.82) is 0 Å². The molecule has 0 amide bonds. The summed E-state index contributed by atoms with van der Waals surface area (Å²) in [6.45, 7) is 3.75. The molecule has 1 aliphatic heterocycles. The van der Waals surface area contributed by atoms with E-state index >= 15 is 0 Å². The Kier molecular flexibility index (Phi) is 0.746. The van der Waals surface area contributed by atoms with Crippen LogP contribution in [-0.4, -0.2) is 19.0 Å². The molecule has 2 rings (SSSR count). The average Bonchev–Trinajstić information content (AvgIpc) is 2.29. The number of ether oxygens (including phenoxy) is 2. The van der Waals surface area contributed by atoms with Gasteiger partial charge in [-0.1, -0.05) is 6.92 Å². The van der Waals surface area contributed by atoms with Crippen molar-refractivity contribution in [3.63, 3.8) is 0 Å². The predicted molar refractivity (Wildman–Crippen MR) is 28.4 cm³/mol. The highest BCUT2D eigenvalue weighted by molar-refractivity contribution is 4.96. The van der Waals surface area contributed by atoms with Crippen LogP contribution in [0.2, 0.25) is 0 Å². The fourth-order valence-corrected chi connectivity index (χ4v) is 1.24. The van der Waals surface area contributed by atoms with Gasteiger partial charge in [0.05, 0.1) is 13.2 Å². The normalized spacial score (nSPS) is 40.9. The Morgan fingerprint density at radius 1 is 1.38 bits per heavy atom. The summed E-state index contributed by atoms with van der Waals surface area (Å²) in [5.74, 6) is 0.546. The molecule has 1 heterocycles. The molecule has 0 N–H and O–H groups in total. The molecule has 0 aromatic carbocycles. The Balaban J connectivity index is 2.06. The van der Waals surface area contributed by atoms with Crippen LogP contribution in [0.15, 0.2) is 0 Å².